The first kappa shape index (κ1) is 25.3. The molecule has 0 aliphatic carbocycles. The van der Waals surface area contributed by atoms with E-state index in [9.17, 15) is 0 Å². The summed E-state index contributed by atoms with van der Waals surface area (Å²) in [4.78, 5) is 0. The molecular formula is C31H35N3. The molecule has 0 fully saturated rings. The fourth-order valence-corrected chi connectivity index (χ4v) is 4.06. The Kier molecular flexibility index (Phi) is 9.96. The van der Waals surface area contributed by atoms with E-state index in [0.717, 1.165) is 54.4 Å². The number of aryl methyl sites for hydroxylation is 1. The largest absolute Gasteiger partial charge is 0.330 e. The second-order valence-corrected chi connectivity index (χ2v) is 8.41. The van der Waals surface area contributed by atoms with Crippen LogP contribution in [0.5, 0.6) is 0 Å². The highest BCUT2D eigenvalue weighted by Gasteiger charge is 2.03. The lowest BCUT2D eigenvalue weighted by molar-refractivity contribution is 0.878. The Morgan fingerprint density at radius 2 is 0.912 bits per heavy atom. The van der Waals surface area contributed by atoms with Crippen LogP contribution in [0.15, 0.2) is 60.7 Å². The lowest BCUT2D eigenvalue weighted by Crippen LogP contribution is -2.09. The van der Waals surface area contributed by atoms with Gasteiger partial charge in [0.05, 0.1) is 0 Å². The fraction of sp³-hybridized carbons (Fsp3) is 0.290. The Labute approximate surface area is 204 Å². The first-order chi connectivity index (χ1) is 16.7. The number of nitrogens with two attached hydrogens (primary N) is 3. The Morgan fingerprint density at radius 1 is 0.500 bits per heavy atom. The predicted octanol–water partition coefficient (Wildman–Crippen LogP) is 3.94. The van der Waals surface area contributed by atoms with Crippen LogP contribution in [-0.2, 0) is 25.7 Å². The van der Waals surface area contributed by atoms with Crippen LogP contribution in [0.4, 0.5) is 0 Å². The molecule has 174 valence electrons. The molecule has 3 aromatic carbocycles. The second kappa shape index (κ2) is 13.4. The van der Waals surface area contributed by atoms with Crippen LogP contribution < -0.4 is 17.2 Å². The molecule has 0 aromatic heterocycles. The summed E-state index contributed by atoms with van der Waals surface area (Å²) in [5.41, 5.74) is 26.4. The molecule has 0 saturated carbocycles. The molecule has 3 rings (SSSR count). The quantitative estimate of drug-likeness (QED) is 0.456. The van der Waals surface area contributed by atoms with Gasteiger partial charge in [0.25, 0.3) is 0 Å². The summed E-state index contributed by atoms with van der Waals surface area (Å²) in [5.74, 6) is 13.2. The van der Waals surface area contributed by atoms with E-state index in [-0.39, 0.29) is 0 Å². The Bertz CT molecular complexity index is 1130. The van der Waals surface area contributed by atoms with Gasteiger partial charge in [0.1, 0.15) is 0 Å². The number of rotatable bonds is 8. The summed E-state index contributed by atoms with van der Waals surface area (Å²) < 4.78 is 0. The van der Waals surface area contributed by atoms with Crippen LogP contribution in [0, 0.1) is 23.7 Å². The molecule has 0 atom stereocenters. The Morgan fingerprint density at radius 3 is 1.35 bits per heavy atom. The van der Waals surface area contributed by atoms with E-state index < -0.39 is 0 Å². The van der Waals surface area contributed by atoms with Crippen molar-refractivity contribution in [3.63, 3.8) is 0 Å². The summed E-state index contributed by atoms with van der Waals surface area (Å²) in [7, 11) is 0. The van der Waals surface area contributed by atoms with Crippen LogP contribution in [0.2, 0.25) is 0 Å². The SMILES string of the molecule is CCCc1cc(C#Cc2cccc(C#Cc3ccc(CCN)c(CCN)c3)c2)ccc1CCN. The van der Waals surface area contributed by atoms with Gasteiger partial charge in [0, 0.05) is 22.3 Å². The summed E-state index contributed by atoms with van der Waals surface area (Å²) in [5, 5.41) is 0. The maximum atomic E-state index is 5.79. The minimum absolute atomic E-state index is 0.616. The van der Waals surface area contributed by atoms with Crippen molar-refractivity contribution in [3.05, 3.63) is 105 Å². The molecule has 6 N–H and O–H groups in total. The molecule has 0 aliphatic heterocycles. The molecule has 3 aromatic rings. The zero-order chi connectivity index (χ0) is 24.2. The highest BCUT2D eigenvalue weighted by Crippen LogP contribution is 2.15. The molecule has 0 radical (unpaired) electrons. The van der Waals surface area contributed by atoms with Crippen LogP contribution in [0.25, 0.3) is 0 Å². The highest BCUT2D eigenvalue weighted by molar-refractivity contribution is 5.51. The third-order valence-corrected chi connectivity index (χ3v) is 5.74. The number of hydrogen-bond donors (Lipinski definition) is 3. The van der Waals surface area contributed by atoms with Crippen molar-refractivity contribution < 1.29 is 0 Å². The maximum Gasteiger partial charge on any atom is 0.0261 e. The standard InChI is InChI=1S/C31H35N3/c1-2-4-30-22-26(11-13-28(30)15-18-32)9-7-24-5-3-6-25(21-24)8-10-27-12-14-29(16-19-33)31(23-27)17-20-34/h3,5-6,11-14,21-23H,2,4,15-20,32-34H2,1H3. The molecule has 0 amide bonds. The van der Waals surface area contributed by atoms with Gasteiger partial charge in [0.15, 0.2) is 0 Å². The summed E-state index contributed by atoms with van der Waals surface area (Å²) in [6.45, 7) is 4.12. The Hall–Kier alpha value is -3.34. The van der Waals surface area contributed by atoms with E-state index in [1.807, 2.05) is 24.3 Å². The van der Waals surface area contributed by atoms with Crippen LogP contribution >= 0.6 is 0 Å². The van der Waals surface area contributed by atoms with Crippen molar-refractivity contribution in [1.29, 1.82) is 0 Å². The fourth-order valence-electron chi connectivity index (χ4n) is 4.06. The minimum atomic E-state index is 0.616. The molecule has 34 heavy (non-hydrogen) atoms. The van der Waals surface area contributed by atoms with Gasteiger partial charge in [0.2, 0.25) is 0 Å². The predicted molar refractivity (Wildman–Crippen MR) is 144 cm³/mol. The molecule has 0 unspecified atom stereocenters. The normalized spacial score (nSPS) is 10.2. The molecule has 0 spiro atoms. The zero-order valence-corrected chi connectivity index (χ0v) is 20.2. The molecule has 3 heteroatoms. The van der Waals surface area contributed by atoms with Gasteiger partial charge in [-0.25, -0.2) is 0 Å². The van der Waals surface area contributed by atoms with Gasteiger partial charge in [-0.3, -0.25) is 0 Å². The van der Waals surface area contributed by atoms with Crippen molar-refractivity contribution in [2.75, 3.05) is 19.6 Å². The van der Waals surface area contributed by atoms with E-state index in [1.54, 1.807) is 0 Å². The van der Waals surface area contributed by atoms with Crippen molar-refractivity contribution in [2.45, 2.75) is 39.0 Å². The van der Waals surface area contributed by atoms with Gasteiger partial charge >= 0.3 is 0 Å². The van der Waals surface area contributed by atoms with Crippen LogP contribution in [0.1, 0.15) is 57.9 Å². The van der Waals surface area contributed by atoms with Gasteiger partial charge in [-0.15, -0.1) is 0 Å². The third kappa shape index (κ3) is 7.34. The molecular weight excluding hydrogens is 414 g/mol. The monoisotopic (exact) mass is 449 g/mol. The van der Waals surface area contributed by atoms with Gasteiger partial charge in [-0.2, -0.15) is 0 Å². The summed E-state index contributed by atoms with van der Waals surface area (Å²) >= 11 is 0. The molecule has 0 bridgehead atoms. The van der Waals surface area contributed by atoms with E-state index in [0.29, 0.717) is 19.6 Å². The van der Waals surface area contributed by atoms with Crippen molar-refractivity contribution in [1.82, 2.24) is 0 Å². The summed E-state index contributed by atoms with van der Waals surface area (Å²) in [6, 6.07) is 20.9. The average molecular weight is 450 g/mol. The third-order valence-electron chi connectivity index (χ3n) is 5.74. The number of benzene rings is 3. The van der Waals surface area contributed by atoms with Crippen molar-refractivity contribution in [2.24, 2.45) is 17.2 Å². The van der Waals surface area contributed by atoms with Crippen molar-refractivity contribution >= 4 is 0 Å². The van der Waals surface area contributed by atoms with E-state index in [1.165, 1.54) is 22.3 Å². The summed E-state index contributed by atoms with van der Waals surface area (Å²) in [6.07, 6.45) is 4.77. The average Bonchev–Trinajstić information content (AvgIpc) is 2.85. The topological polar surface area (TPSA) is 78.1 Å². The van der Waals surface area contributed by atoms with Crippen LogP contribution in [0.3, 0.4) is 0 Å². The molecule has 0 aliphatic rings. The van der Waals surface area contributed by atoms with E-state index in [2.05, 4.69) is 67.0 Å². The first-order valence-electron chi connectivity index (χ1n) is 12.1. The van der Waals surface area contributed by atoms with Gasteiger partial charge < -0.3 is 17.2 Å². The Balaban J connectivity index is 1.80. The second-order valence-electron chi connectivity index (χ2n) is 8.41. The highest BCUT2D eigenvalue weighted by atomic mass is 14.5. The molecule has 3 nitrogen and oxygen atoms in total. The first-order valence-corrected chi connectivity index (χ1v) is 12.1. The maximum absolute atomic E-state index is 5.79. The van der Waals surface area contributed by atoms with E-state index in [4.69, 9.17) is 17.2 Å². The lowest BCUT2D eigenvalue weighted by atomic mass is 9.98. The zero-order valence-electron chi connectivity index (χ0n) is 20.2. The van der Waals surface area contributed by atoms with Crippen molar-refractivity contribution in [3.8, 4) is 23.7 Å². The van der Waals surface area contributed by atoms with Gasteiger partial charge in [-0.05, 0) is 110 Å². The molecule has 0 saturated heterocycles. The minimum Gasteiger partial charge on any atom is -0.330 e. The smallest absolute Gasteiger partial charge is 0.0261 e. The number of hydrogen-bond acceptors (Lipinski definition) is 3. The molecule has 0 heterocycles. The lowest BCUT2D eigenvalue weighted by Gasteiger charge is -2.08. The van der Waals surface area contributed by atoms with Gasteiger partial charge in [-0.1, -0.05) is 55.2 Å². The van der Waals surface area contributed by atoms with E-state index >= 15 is 0 Å². The van der Waals surface area contributed by atoms with Crippen LogP contribution in [-0.4, -0.2) is 19.6 Å².